The van der Waals surface area contributed by atoms with Crippen LogP contribution in [0.25, 0.3) is 0 Å². The second-order valence-electron chi connectivity index (χ2n) is 7.54. The molecule has 0 heterocycles. The molecule has 1 atom stereocenters. The molecule has 0 aliphatic rings. The third-order valence-corrected chi connectivity index (χ3v) is 4.30. The first-order chi connectivity index (χ1) is 11.4. The quantitative estimate of drug-likeness (QED) is 0.261. The fourth-order valence-corrected chi connectivity index (χ4v) is 2.52. The first kappa shape index (κ1) is 22.6. The standard InChI is InChI=1S/C20H36N4/c1-5-6-7-8-9-10-11-12-13-14-15-16-20(4,18-22)24-23-19(2,3)17-21/h5-16H2,1-4H3. The Morgan fingerprint density at radius 2 is 1.12 bits per heavy atom. The zero-order valence-corrected chi connectivity index (χ0v) is 16.3. The van der Waals surface area contributed by atoms with Crippen molar-refractivity contribution in [2.24, 2.45) is 10.2 Å². The van der Waals surface area contributed by atoms with E-state index in [2.05, 4.69) is 29.3 Å². The fraction of sp³-hybridized carbons (Fsp3) is 0.900. The third kappa shape index (κ3) is 12.1. The number of hydrogen-bond donors (Lipinski definition) is 0. The fourth-order valence-electron chi connectivity index (χ4n) is 2.52. The highest BCUT2D eigenvalue weighted by atomic mass is 15.2. The van der Waals surface area contributed by atoms with Gasteiger partial charge in [0.2, 0.25) is 0 Å². The minimum absolute atomic E-state index is 0.714. The van der Waals surface area contributed by atoms with Crippen molar-refractivity contribution in [1.82, 2.24) is 0 Å². The lowest BCUT2D eigenvalue weighted by Crippen LogP contribution is -2.21. The lowest BCUT2D eigenvalue weighted by molar-refractivity contribution is 0.452. The van der Waals surface area contributed by atoms with Crippen LogP contribution in [0.1, 0.15) is 105 Å². The first-order valence-corrected chi connectivity index (χ1v) is 9.66. The van der Waals surface area contributed by atoms with Crippen molar-refractivity contribution in [2.45, 2.75) is 116 Å². The van der Waals surface area contributed by atoms with Gasteiger partial charge in [-0.25, -0.2) is 0 Å². The minimum atomic E-state index is -0.852. The van der Waals surface area contributed by atoms with Crippen molar-refractivity contribution in [2.75, 3.05) is 0 Å². The molecule has 4 heteroatoms. The van der Waals surface area contributed by atoms with Crippen LogP contribution in [0.15, 0.2) is 10.2 Å². The van der Waals surface area contributed by atoms with Crippen LogP contribution in [0.3, 0.4) is 0 Å². The van der Waals surface area contributed by atoms with Crippen LogP contribution in [0.2, 0.25) is 0 Å². The molecule has 0 amide bonds. The van der Waals surface area contributed by atoms with E-state index in [9.17, 15) is 5.26 Å². The van der Waals surface area contributed by atoms with Crippen molar-refractivity contribution in [1.29, 1.82) is 10.5 Å². The Hall–Kier alpha value is -1.42. The highest BCUT2D eigenvalue weighted by Gasteiger charge is 2.25. The smallest absolute Gasteiger partial charge is 0.164 e. The Balaban J connectivity index is 3.78. The molecule has 0 aliphatic heterocycles. The SMILES string of the molecule is CCCCCCCCCCCCCC(C)(C#N)N=NC(C)(C)C#N. The van der Waals surface area contributed by atoms with E-state index >= 15 is 0 Å². The Kier molecular flexibility index (Phi) is 12.2. The maximum absolute atomic E-state index is 9.33. The van der Waals surface area contributed by atoms with Gasteiger partial charge in [0.05, 0.1) is 12.1 Å². The largest absolute Gasteiger partial charge is 0.196 e. The van der Waals surface area contributed by atoms with Gasteiger partial charge >= 0.3 is 0 Å². The van der Waals surface area contributed by atoms with E-state index in [1.165, 1.54) is 57.8 Å². The maximum atomic E-state index is 9.33. The van der Waals surface area contributed by atoms with E-state index in [0.29, 0.717) is 6.42 Å². The summed E-state index contributed by atoms with van der Waals surface area (Å²) in [6.07, 6.45) is 14.9. The van der Waals surface area contributed by atoms with Crippen molar-refractivity contribution in [3.63, 3.8) is 0 Å². The van der Waals surface area contributed by atoms with Crippen molar-refractivity contribution < 1.29 is 0 Å². The number of rotatable bonds is 14. The summed E-state index contributed by atoms with van der Waals surface area (Å²) in [7, 11) is 0. The van der Waals surface area contributed by atoms with Gasteiger partial charge in [0.1, 0.15) is 0 Å². The molecule has 136 valence electrons. The van der Waals surface area contributed by atoms with Crippen LogP contribution in [0, 0.1) is 22.7 Å². The van der Waals surface area contributed by atoms with E-state index in [-0.39, 0.29) is 0 Å². The molecule has 0 rings (SSSR count). The molecule has 0 fully saturated rings. The number of azo groups is 1. The summed E-state index contributed by atoms with van der Waals surface area (Å²) in [5, 5.41) is 26.5. The number of unbranched alkanes of at least 4 members (excludes halogenated alkanes) is 10. The molecule has 0 aromatic heterocycles. The Morgan fingerprint density at radius 3 is 1.54 bits per heavy atom. The lowest BCUT2D eigenvalue weighted by atomic mass is 9.96. The molecule has 0 N–H and O–H groups in total. The number of hydrogen-bond acceptors (Lipinski definition) is 4. The second-order valence-corrected chi connectivity index (χ2v) is 7.54. The summed E-state index contributed by atoms with van der Waals surface area (Å²) in [6.45, 7) is 7.47. The zero-order chi connectivity index (χ0) is 18.3. The molecule has 0 aromatic rings. The maximum Gasteiger partial charge on any atom is 0.164 e. The Morgan fingerprint density at radius 1 is 0.667 bits per heavy atom. The van der Waals surface area contributed by atoms with Crippen molar-refractivity contribution in [3.8, 4) is 12.1 Å². The van der Waals surface area contributed by atoms with Gasteiger partial charge in [-0.05, 0) is 33.6 Å². The van der Waals surface area contributed by atoms with Crippen LogP contribution < -0.4 is 0 Å². The lowest BCUT2D eigenvalue weighted by Gasteiger charge is -2.17. The molecular weight excluding hydrogens is 296 g/mol. The Bertz CT molecular complexity index is 428. The molecule has 0 saturated carbocycles. The molecular formula is C20H36N4. The average Bonchev–Trinajstić information content (AvgIpc) is 2.58. The molecule has 24 heavy (non-hydrogen) atoms. The van der Waals surface area contributed by atoms with Gasteiger partial charge in [0.15, 0.2) is 11.1 Å². The topological polar surface area (TPSA) is 72.3 Å². The third-order valence-electron chi connectivity index (χ3n) is 4.30. The normalized spacial score (nSPS) is 14.2. The van der Waals surface area contributed by atoms with E-state index in [1.807, 2.05) is 0 Å². The van der Waals surface area contributed by atoms with E-state index in [1.54, 1.807) is 20.8 Å². The van der Waals surface area contributed by atoms with Gasteiger partial charge in [-0.1, -0.05) is 71.1 Å². The first-order valence-electron chi connectivity index (χ1n) is 9.66. The summed E-state index contributed by atoms with van der Waals surface area (Å²) < 4.78 is 0. The van der Waals surface area contributed by atoms with E-state index < -0.39 is 11.1 Å². The Labute approximate surface area is 149 Å². The predicted octanol–water partition coefficient (Wildman–Crippen LogP) is 6.72. The van der Waals surface area contributed by atoms with Gasteiger partial charge in [0.25, 0.3) is 0 Å². The summed E-state index contributed by atoms with van der Waals surface area (Å²) in [4.78, 5) is 0. The van der Waals surface area contributed by atoms with Gasteiger partial charge < -0.3 is 0 Å². The molecule has 0 aliphatic carbocycles. The summed E-state index contributed by atoms with van der Waals surface area (Å²) in [5.41, 5.74) is -1.65. The highest BCUT2D eigenvalue weighted by molar-refractivity contribution is 5.05. The van der Waals surface area contributed by atoms with Crippen LogP contribution in [-0.2, 0) is 0 Å². The monoisotopic (exact) mass is 332 g/mol. The van der Waals surface area contributed by atoms with E-state index in [4.69, 9.17) is 5.26 Å². The number of nitriles is 2. The summed E-state index contributed by atoms with van der Waals surface area (Å²) >= 11 is 0. The molecule has 0 saturated heterocycles. The summed E-state index contributed by atoms with van der Waals surface area (Å²) in [6, 6.07) is 4.32. The van der Waals surface area contributed by atoms with E-state index in [0.717, 1.165) is 12.8 Å². The van der Waals surface area contributed by atoms with Gasteiger partial charge in [-0.15, -0.1) is 0 Å². The molecule has 4 nitrogen and oxygen atoms in total. The summed E-state index contributed by atoms with van der Waals surface area (Å²) in [5.74, 6) is 0. The van der Waals surface area contributed by atoms with Crippen LogP contribution in [0.4, 0.5) is 0 Å². The number of nitrogens with zero attached hydrogens (tertiary/aromatic N) is 4. The molecule has 0 radical (unpaired) electrons. The van der Waals surface area contributed by atoms with Gasteiger partial charge in [-0.2, -0.15) is 20.8 Å². The molecule has 0 spiro atoms. The molecule has 0 aromatic carbocycles. The van der Waals surface area contributed by atoms with Gasteiger partial charge in [-0.3, -0.25) is 0 Å². The average molecular weight is 333 g/mol. The van der Waals surface area contributed by atoms with Crippen LogP contribution >= 0.6 is 0 Å². The van der Waals surface area contributed by atoms with Crippen molar-refractivity contribution >= 4 is 0 Å². The molecule has 1 unspecified atom stereocenters. The van der Waals surface area contributed by atoms with Crippen molar-refractivity contribution in [3.05, 3.63) is 0 Å². The highest BCUT2D eigenvalue weighted by Crippen LogP contribution is 2.22. The predicted molar refractivity (Wildman–Crippen MR) is 99.6 cm³/mol. The van der Waals surface area contributed by atoms with Gasteiger partial charge in [0, 0.05) is 0 Å². The zero-order valence-electron chi connectivity index (χ0n) is 16.3. The second kappa shape index (κ2) is 12.9. The minimum Gasteiger partial charge on any atom is -0.196 e. The van der Waals surface area contributed by atoms with Crippen LogP contribution in [0.5, 0.6) is 0 Å². The molecule has 0 bridgehead atoms. The van der Waals surface area contributed by atoms with Crippen LogP contribution in [-0.4, -0.2) is 11.1 Å².